The van der Waals surface area contributed by atoms with Crippen LogP contribution in [0.25, 0.3) is 0 Å². The van der Waals surface area contributed by atoms with E-state index in [4.69, 9.17) is 4.74 Å². The van der Waals surface area contributed by atoms with Crippen molar-refractivity contribution in [2.45, 2.75) is 19.8 Å². The van der Waals surface area contributed by atoms with E-state index in [0.717, 1.165) is 38.6 Å². The predicted molar refractivity (Wildman–Crippen MR) is 62.7 cm³/mol. The van der Waals surface area contributed by atoms with Crippen LogP contribution in [0.4, 0.5) is 10.1 Å². The van der Waals surface area contributed by atoms with Crippen LogP contribution < -0.4 is 4.90 Å². The molecule has 1 saturated heterocycles. The summed E-state index contributed by atoms with van der Waals surface area (Å²) in [5, 5.41) is 0. The first kappa shape index (κ1) is 11.4. The van der Waals surface area contributed by atoms with Crippen LogP contribution in [-0.4, -0.2) is 19.7 Å². The zero-order valence-electron chi connectivity index (χ0n) is 9.58. The van der Waals surface area contributed by atoms with Crippen molar-refractivity contribution in [2.24, 2.45) is 0 Å². The molecule has 3 heteroatoms. The zero-order valence-corrected chi connectivity index (χ0v) is 9.58. The third-order valence-electron chi connectivity index (χ3n) is 2.86. The van der Waals surface area contributed by atoms with Gasteiger partial charge < -0.3 is 9.64 Å². The van der Waals surface area contributed by atoms with E-state index in [1.807, 2.05) is 19.1 Å². The van der Waals surface area contributed by atoms with Crippen LogP contribution in [0.2, 0.25) is 0 Å². The Morgan fingerprint density at radius 1 is 1.25 bits per heavy atom. The Balaban J connectivity index is 1.96. The van der Waals surface area contributed by atoms with Gasteiger partial charge >= 0.3 is 0 Å². The molecular formula is C13H17FNO. The summed E-state index contributed by atoms with van der Waals surface area (Å²) < 4.78 is 19.0. The Morgan fingerprint density at radius 2 is 1.94 bits per heavy atom. The molecule has 0 saturated carbocycles. The Labute approximate surface area is 96.0 Å². The van der Waals surface area contributed by atoms with Crippen LogP contribution in [-0.2, 0) is 4.74 Å². The maximum Gasteiger partial charge on any atom is 0.146 e. The highest BCUT2D eigenvalue weighted by molar-refractivity contribution is 5.48. The fraction of sp³-hybridized carbons (Fsp3) is 0.462. The summed E-state index contributed by atoms with van der Waals surface area (Å²) in [4.78, 5) is 2.08. The molecule has 0 aromatic heterocycles. The average Bonchev–Trinajstić information content (AvgIpc) is 2.31. The number of hydrogen-bond acceptors (Lipinski definition) is 2. The summed E-state index contributed by atoms with van der Waals surface area (Å²) in [6.45, 7) is 4.41. The van der Waals surface area contributed by atoms with Crippen molar-refractivity contribution >= 4 is 5.69 Å². The van der Waals surface area contributed by atoms with Crippen LogP contribution >= 0.6 is 0 Å². The first-order valence-electron chi connectivity index (χ1n) is 5.78. The number of hydrogen-bond donors (Lipinski definition) is 0. The molecule has 2 rings (SSSR count). The van der Waals surface area contributed by atoms with Gasteiger partial charge in [0.05, 0.1) is 5.69 Å². The second-order valence-corrected chi connectivity index (χ2v) is 3.91. The highest BCUT2D eigenvalue weighted by atomic mass is 19.1. The van der Waals surface area contributed by atoms with E-state index in [2.05, 4.69) is 4.90 Å². The molecule has 87 valence electrons. The second kappa shape index (κ2) is 5.30. The van der Waals surface area contributed by atoms with E-state index in [1.54, 1.807) is 6.07 Å². The van der Waals surface area contributed by atoms with Gasteiger partial charge in [-0.2, -0.15) is 0 Å². The van der Waals surface area contributed by atoms with Crippen molar-refractivity contribution in [2.75, 3.05) is 24.6 Å². The highest BCUT2D eigenvalue weighted by Crippen LogP contribution is 2.26. The largest absolute Gasteiger partial charge is 0.372 e. The Morgan fingerprint density at radius 3 is 2.56 bits per heavy atom. The van der Waals surface area contributed by atoms with Gasteiger partial charge in [-0.3, -0.25) is 0 Å². The van der Waals surface area contributed by atoms with E-state index < -0.39 is 0 Å². The topological polar surface area (TPSA) is 12.5 Å². The zero-order chi connectivity index (χ0) is 11.4. The van der Waals surface area contributed by atoms with E-state index in [0.29, 0.717) is 5.69 Å². The molecule has 16 heavy (non-hydrogen) atoms. The van der Waals surface area contributed by atoms with Crippen LogP contribution in [0.15, 0.2) is 24.3 Å². The second-order valence-electron chi connectivity index (χ2n) is 3.91. The normalized spacial score (nSPS) is 17.8. The quantitative estimate of drug-likeness (QED) is 0.779. The summed E-state index contributed by atoms with van der Waals surface area (Å²) in [5.74, 6) is -0.137. The SMILES string of the molecule is CCO[C]1CCN(c2ccccc2F)CC1. The van der Waals surface area contributed by atoms with Gasteiger partial charge in [-0.05, 0) is 31.9 Å². The Kier molecular flexibility index (Phi) is 3.78. The van der Waals surface area contributed by atoms with Crippen molar-refractivity contribution in [1.29, 1.82) is 0 Å². The van der Waals surface area contributed by atoms with E-state index in [1.165, 1.54) is 6.07 Å². The van der Waals surface area contributed by atoms with Crippen LogP contribution in [0, 0.1) is 11.9 Å². The van der Waals surface area contributed by atoms with Crippen molar-refractivity contribution in [3.63, 3.8) is 0 Å². The standard InChI is InChI=1S/C13H17FNO/c1-2-16-11-7-9-15(10-8-11)13-6-4-3-5-12(13)14/h3-6H,2,7-10H2,1H3. The van der Waals surface area contributed by atoms with Gasteiger partial charge in [0.15, 0.2) is 0 Å². The van der Waals surface area contributed by atoms with Gasteiger partial charge in [-0.1, -0.05) is 12.1 Å². The molecule has 1 aliphatic rings. The maximum atomic E-state index is 13.5. The lowest BCUT2D eigenvalue weighted by Crippen LogP contribution is -2.34. The maximum absolute atomic E-state index is 13.5. The number of rotatable bonds is 3. The molecule has 1 aromatic carbocycles. The van der Waals surface area contributed by atoms with Crippen molar-refractivity contribution in [3.8, 4) is 0 Å². The molecule has 1 aliphatic heterocycles. The smallest absolute Gasteiger partial charge is 0.146 e. The molecule has 1 radical (unpaired) electrons. The highest BCUT2D eigenvalue weighted by Gasteiger charge is 2.21. The lowest BCUT2D eigenvalue weighted by molar-refractivity contribution is 0.133. The summed E-state index contributed by atoms with van der Waals surface area (Å²) >= 11 is 0. The first-order chi connectivity index (χ1) is 7.81. The fourth-order valence-electron chi connectivity index (χ4n) is 2.05. The molecule has 0 bridgehead atoms. The van der Waals surface area contributed by atoms with Gasteiger partial charge in [0.2, 0.25) is 0 Å². The van der Waals surface area contributed by atoms with Gasteiger partial charge in [0, 0.05) is 19.7 Å². The summed E-state index contributed by atoms with van der Waals surface area (Å²) in [5.41, 5.74) is 0.707. The summed E-state index contributed by atoms with van der Waals surface area (Å²) in [6.07, 6.45) is 2.96. The number of para-hydroxylation sites is 1. The first-order valence-corrected chi connectivity index (χ1v) is 5.78. The molecule has 1 heterocycles. The minimum absolute atomic E-state index is 0.137. The molecule has 0 N–H and O–H groups in total. The summed E-state index contributed by atoms with van der Waals surface area (Å²) in [6, 6.07) is 6.94. The average molecular weight is 222 g/mol. The molecule has 0 aliphatic carbocycles. The van der Waals surface area contributed by atoms with Crippen LogP contribution in [0.5, 0.6) is 0 Å². The van der Waals surface area contributed by atoms with E-state index in [9.17, 15) is 4.39 Å². The van der Waals surface area contributed by atoms with E-state index in [-0.39, 0.29) is 5.82 Å². The third kappa shape index (κ3) is 2.53. The molecule has 2 nitrogen and oxygen atoms in total. The minimum Gasteiger partial charge on any atom is -0.372 e. The summed E-state index contributed by atoms with van der Waals surface area (Å²) in [7, 11) is 0. The molecule has 0 unspecified atom stereocenters. The number of halogens is 1. The molecule has 0 atom stereocenters. The predicted octanol–water partition coefficient (Wildman–Crippen LogP) is 2.99. The van der Waals surface area contributed by atoms with Crippen molar-refractivity contribution in [3.05, 3.63) is 36.2 Å². The minimum atomic E-state index is -0.137. The lowest BCUT2D eigenvalue weighted by atomic mass is 10.1. The Bertz CT molecular complexity index is 334. The lowest BCUT2D eigenvalue weighted by Gasteiger charge is -2.32. The fourth-order valence-corrected chi connectivity index (χ4v) is 2.05. The number of piperidine rings is 1. The number of nitrogens with zero attached hydrogens (tertiary/aromatic N) is 1. The van der Waals surface area contributed by atoms with Gasteiger partial charge in [0.25, 0.3) is 0 Å². The molecule has 1 fully saturated rings. The van der Waals surface area contributed by atoms with Crippen LogP contribution in [0.1, 0.15) is 19.8 Å². The molecule has 0 amide bonds. The number of anilines is 1. The number of benzene rings is 1. The third-order valence-corrected chi connectivity index (χ3v) is 2.86. The molecule has 1 aromatic rings. The van der Waals surface area contributed by atoms with Crippen molar-refractivity contribution in [1.82, 2.24) is 0 Å². The Hall–Kier alpha value is -1.09. The molecule has 0 spiro atoms. The van der Waals surface area contributed by atoms with Gasteiger partial charge in [-0.15, -0.1) is 0 Å². The number of ether oxygens (including phenoxy) is 1. The van der Waals surface area contributed by atoms with E-state index >= 15 is 0 Å². The monoisotopic (exact) mass is 222 g/mol. The molecular weight excluding hydrogens is 205 g/mol. The van der Waals surface area contributed by atoms with Gasteiger partial charge in [0.1, 0.15) is 11.9 Å². The van der Waals surface area contributed by atoms with Crippen molar-refractivity contribution < 1.29 is 9.13 Å². The van der Waals surface area contributed by atoms with Gasteiger partial charge in [-0.25, -0.2) is 4.39 Å². The van der Waals surface area contributed by atoms with Crippen LogP contribution in [0.3, 0.4) is 0 Å².